The minimum absolute atomic E-state index is 0.0403. The summed E-state index contributed by atoms with van der Waals surface area (Å²) in [5.74, 6) is 0.659. The number of allylic oxidation sites excluding steroid dienone is 1. The van der Waals surface area contributed by atoms with Gasteiger partial charge in [0.25, 0.3) is 0 Å². The summed E-state index contributed by atoms with van der Waals surface area (Å²) in [6, 6.07) is 8.90. The third kappa shape index (κ3) is 3.59. The Bertz CT molecular complexity index is 593. The van der Waals surface area contributed by atoms with Crippen LogP contribution < -0.4 is 10.1 Å². The average molecular weight is 294 g/mol. The first-order valence-electron chi connectivity index (χ1n) is 5.55. The van der Waals surface area contributed by atoms with Crippen LogP contribution in [0, 0.1) is 0 Å². The molecule has 1 heterocycles. The molecular formula is C14H12ClNO2S. The molecule has 98 valence electrons. The Morgan fingerprint density at radius 3 is 2.95 bits per heavy atom. The fourth-order valence-corrected chi connectivity index (χ4v) is 2.27. The Hall–Kier alpha value is -1.78. The maximum atomic E-state index is 11.7. The van der Waals surface area contributed by atoms with Crippen LogP contribution in [0.3, 0.4) is 0 Å². The smallest absolute Gasteiger partial charge is 0.197 e. The molecule has 1 N–H and O–H groups in total. The molecular weight excluding hydrogens is 282 g/mol. The highest BCUT2D eigenvalue weighted by Crippen LogP contribution is 2.26. The lowest BCUT2D eigenvalue weighted by Crippen LogP contribution is -1.94. The van der Waals surface area contributed by atoms with Gasteiger partial charge in [0, 0.05) is 18.3 Å². The van der Waals surface area contributed by atoms with Crippen LogP contribution in [0.25, 0.3) is 0 Å². The highest BCUT2D eigenvalue weighted by molar-refractivity contribution is 7.12. The standard InChI is InChI=1S/C14H12ClNO2S/c1-18-10-4-5-11(15)12(9-10)16-7-6-13(17)14-3-2-8-19-14/h2-9,16H,1H3/b7-6+. The Balaban J connectivity index is 2.04. The van der Waals surface area contributed by atoms with Crippen LogP contribution in [0.1, 0.15) is 9.67 Å². The number of carbonyl (C=O) groups excluding carboxylic acids is 1. The molecule has 0 atom stereocenters. The summed E-state index contributed by atoms with van der Waals surface area (Å²) in [6.45, 7) is 0. The van der Waals surface area contributed by atoms with Gasteiger partial charge in [-0.2, -0.15) is 0 Å². The summed E-state index contributed by atoms with van der Waals surface area (Å²) in [5.41, 5.74) is 0.691. The van der Waals surface area contributed by atoms with Crippen molar-refractivity contribution >= 4 is 34.4 Å². The summed E-state index contributed by atoms with van der Waals surface area (Å²) in [6.07, 6.45) is 3.05. The number of ketones is 1. The van der Waals surface area contributed by atoms with Crippen molar-refractivity contribution in [3.05, 3.63) is 57.9 Å². The summed E-state index contributed by atoms with van der Waals surface area (Å²) >= 11 is 7.45. The second-order valence-electron chi connectivity index (χ2n) is 3.66. The lowest BCUT2D eigenvalue weighted by atomic mass is 10.3. The predicted octanol–water partition coefficient (Wildman–Crippen LogP) is 4.22. The van der Waals surface area contributed by atoms with E-state index in [-0.39, 0.29) is 5.78 Å². The van der Waals surface area contributed by atoms with Crippen LogP contribution in [0.5, 0.6) is 5.75 Å². The first-order valence-corrected chi connectivity index (χ1v) is 6.81. The number of benzene rings is 1. The Morgan fingerprint density at radius 2 is 2.26 bits per heavy atom. The van der Waals surface area contributed by atoms with E-state index in [0.29, 0.717) is 21.3 Å². The summed E-state index contributed by atoms with van der Waals surface area (Å²) in [4.78, 5) is 12.4. The summed E-state index contributed by atoms with van der Waals surface area (Å²) in [7, 11) is 1.59. The minimum Gasteiger partial charge on any atom is -0.497 e. The first-order chi connectivity index (χ1) is 9.20. The van der Waals surface area contributed by atoms with Gasteiger partial charge in [0.05, 0.1) is 22.7 Å². The van der Waals surface area contributed by atoms with Crippen LogP contribution in [-0.2, 0) is 0 Å². The van der Waals surface area contributed by atoms with Crippen molar-refractivity contribution in [1.82, 2.24) is 0 Å². The average Bonchev–Trinajstić information content (AvgIpc) is 2.95. The van der Waals surface area contributed by atoms with Crippen molar-refractivity contribution in [1.29, 1.82) is 0 Å². The van der Waals surface area contributed by atoms with Gasteiger partial charge in [0.1, 0.15) is 5.75 Å². The minimum atomic E-state index is -0.0403. The van der Waals surface area contributed by atoms with Crippen molar-refractivity contribution < 1.29 is 9.53 Å². The zero-order valence-electron chi connectivity index (χ0n) is 10.2. The van der Waals surface area contributed by atoms with Crippen molar-refractivity contribution in [2.75, 3.05) is 12.4 Å². The van der Waals surface area contributed by atoms with E-state index in [1.807, 2.05) is 11.4 Å². The Labute approximate surface area is 120 Å². The number of thiophene rings is 1. The van der Waals surface area contributed by atoms with E-state index in [4.69, 9.17) is 16.3 Å². The van der Waals surface area contributed by atoms with Crippen molar-refractivity contribution in [2.45, 2.75) is 0 Å². The molecule has 0 spiro atoms. The molecule has 2 aromatic rings. The van der Waals surface area contributed by atoms with E-state index in [1.54, 1.807) is 37.6 Å². The number of rotatable bonds is 5. The Morgan fingerprint density at radius 1 is 1.42 bits per heavy atom. The van der Waals surface area contributed by atoms with E-state index in [9.17, 15) is 4.79 Å². The fourth-order valence-electron chi connectivity index (χ4n) is 1.45. The number of hydrogen-bond donors (Lipinski definition) is 1. The van der Waals surface area contributed by atoms with Crippen LogP contribution in [0.2, 0.25) is 5.02 Å². The quantitative estimate of drug-likeness (QED) is 0.662. The second kappa shape index (κ2) is 6.41. The predicted molar refractivity (Wildman–Crippen MR) is 79.4 cm³/mol. The molecule has 0 saturated heterocycles. The third-order valence-corrected chi connectivity index (χ3v) is 3.63. The molecule has 1 aromatic heterocycles. The zero-order valence-corrected chi connectivity index (χ0v) is 11.8. The van der Waals surface area contributed by atoms with E-state index in [1.165, 1.54) is 17.4 Å². The second-order valence-corrected chi connectivity index (χ2v) is 5.02. The maximum Gasteiger partial charge on any atom is 0.197 e. The van der Waals surface area contributed by atoms with Gasteiger partial charge in [0.2, 0.25) is 0 Å². The molecule has 0 radical (unpaired) electrons. The molecule has 19 heavy (non-hydrogen) atoms. The monoisotopic (exact) mass is 293 g/mol. The molecule has 0 unspecified atom stereocenters. The van der Waals surface area contributed by atoms with Gasteiger partial charge < -0.3 is 10.1 Å². The molecule has 1 aromatic carbocycles. The number of ether oxygens (including phenoxy) is 1. The van der Waals surface area contributed by atoms with E-state index < -0.39 is 0 Å². The number of methoxy groups -OCH3 is 1. The molecule has 2 rings (SSSR count). The Kier molecular flexibility index (Phi) is 4.60. The molecule has 0 aliphatic carbocycles. The molecule has 5 heteroatoms. The van der Waals surface area contributed by atoms with Gasteiger partial charge in [-0.3, -0.25) is 4.79 Å². The van der Waals surface area contributed by atoms with E-state index in [0.717, 1.165) is 0 Å². The number of hydrogen-bond acceptors (Lipinski definition) is 4. The molecule has 3 nitrogen and oxygen atoms in total. The molecule has 0 amide bonds. The molecule has 0 aliphatic rings. The van der Waals surface area contributed by atoms with Crippen LogP contribution >= 0.6 is 22.9 Å². The van der Waals surface area contributed by atoms with Gasteiger partial charge in [-0.05, 0) is 23.6 Å². The van der Waals surface area contributed by atoms with Crippen LogP contribution in [0.15, 0.2) is 48.0 Å². The van der Waals surface area contributed by atoms with Gasteiger partial charge in [-0.1, -0.05) is 17.7 Å². The van der Waals surface area contributed by atoms with Gasteiger partial charge in [-0.15, -0.1) is 11.3 Å². The first kappa shape index (κ1) is 13.6. The SMILES string of the molecule is COc1ccc(Cl)c(N/C=C/C(=O)c2cccs2)c1. The topological polar surface area (TPSA) is 38.3 Å². The normalized spacial score (nSPS) is 10.6. The van der Waals surface area contributed by atoms with Crippen molar-refractivity contribution in [3.63, 3.8) is 0 Å². The molecule has 0 saturated carbocycles. The van der Waals surface area contributed by atoms with Crippen molar-refractivity contribution in [3.8, 4) is 5.75 Å². The number of carbonyl (C=O) groups is 1. The van der Waals surface area contributed by atoms with E-state index >= 15 is 0 Å². The van der Waals surface area contributed by atoms with E-state index in [2.05, 4.69) is 5.32 Å². The lowest BCUT2D eigenvalue weighted by molar-refractivity contribution is 0.105. The van der Waals surface area contributed by atoms with Gasteiger partial charge in [0.15, 0.2) is 5.78 Å². The van der Waals surface area contributed by atoms with Gasteiger partial charge >= 0.3 is 0 Å². The van der Waals surface area contributed by atoms with Crippen LogP contribution in [0.4, 0.5) is 5.69 Å². The number of halogens is 1. The molecule has 0 aliphatic heterocycles. The maximum absolute atomic E-state index is 11.7. The fraction of sp³-hybridized carbons (Fsp3) is 0.0714. The van der Waals surface area contributed by atoms with Crippen molar-refractivity contribution in [2.24, 2.45) is 0 Å². The zero-order chi connectivity index (χ0) is 13.7. The highest BCUT2D eigenvalue weighted by Gasteiger charge is 2.03. The lowest BCUT2D eigenvalue weighted by Gasteiger charge is -2.06. The largest absolute Gasteiger partial charge is 0.497 e. The third-order valence-electron chi connectivity index (χ3n) is 2.41. The van der Waals surface area contributed by atoms with Gasteiger partial charge in [-0.25, -0.2) is 0 Å². The number of anilines is 1. The summed E-state index contributed by atoms with van der Waals surface area (Å²) < 4.78 is 5.11. The molecule has 0 fully saturated rings. The summed E-state index contributed by atoms with van der Waals surface area (Å²) in [5, 5.41) is 5.40. The highest BCUT2D eigenvalue weighted by atomic mass is 35.5. The molecule has 0 bridgehead atoms. The number of nitrogens with one attached hydrogen (secondary N) is 1. The van der Waals surface area contributed by atoms with Crippen LogP contribution in [-0.4, -0.2) is 12.9 Å².